The van der Waals surface area contributed by atoms with Crippen LogP contribution in [0.5, 0.6) is 0 Å². The molecule has 0 aliphatic rings. The summed E-state index contributed by atoms with van der Waals surface area (Å²) in [5.74, 6) is 0. The molecule has 22 heavy (non-hydrogen) atoms. The second-order valence-electron chi connectivity index (χ2n) is 5.27. The Balaban J connectivity index is 1.95. The van der Waals surface area contributed by atoms with Crippen LogP contribution in [0.4, 0.5) is 0 Å². The van der Waals surface area contributed by atoms with Crippen LogP contribution in [0.1, 0.15) is 29.4 Å². The van der Waals surface area contributed by atoms with Crippen molar-refractivity contribution in [3.8, 4) is 5.69 Å². The van der Waals surface area contributed by atoms with E-state index in [0.717, 1.165) is 12.0 Å². The van der Waals surface area contributed by atoms with Crippen molar-refractivity contribution in [2.75, 3.05) is 0 Å². The van der Waals surface area contributed by atoms with Gasteiger partial charge in [-0.1, -0.05) is 19.1 Å². The van der Waals surface area contributed by atoms with Crippen LogP contribution in [0, 0.1) is 13.8 Å². The van der Waals surface area contributed by atoms with E-state index in [2.05, 4.69) is 71.0 Å². The van der Waals surface area contributed by atoms with Crippen molar-refractivity contribution in [2.24, 2.45) is 5.10 Å². The van der Waals surface area contributed by atoms with E-state index < -0.39 is 0 Å². The Morgan fingerprint density at radius 3 is 2.41 bits per heavy atom. The van der Waals surface area contributed by atoms with E-state index in [9.17, 15) is 0 Å². The van der Waals surface area contributed by atoms with Crippen molar-refractivity contribution in [1.82, 2.24) is 19.4 Å². The molecule has 0 amide bonds. The molecule has 0 spiro atoms. The summed E-state index contributed by atoms with van der Waals surface area (Å²) in [6.45, 7) is 6.38. The molecule has 1 aromatic carbocycles. The van der Waals surface area contributed by atoms with Crippen molar-refractivity contribution < 1.29 is 0 Å². The predicted octanol–water partition coefficient (Wildman–Crippen LogP) is 3.13. The van der Waals surface area contributed by atoms with Gasteiger partial charge >= 0.3 is 0 Å². The minimum absolute atomic E-state index is 1.06. The summed E-state index contributed by atoms with van der Waals surface area (Å²) in [7, 11) is 0. The molecule has 0 fully saturated rings. The van der Waals surface area contributed by atoms with Crippen molar-refractivity contribution in [3.63, 3.8) is 0 Å². The molecule has 0 unspecified atom stereocenters. The summed E-state index contributed by atoms with van der Waals surface area (Å²) in [6, 6.07) is 10.8. The fourth-order valence-electron chi connectivity index (χ4n) is 2.58. The largest absolute Gasteiger partial charge is 0.318 e. The van der Waals surface area contributed by atoms with Gasteiger partial charge in [-0.25, -0.2) is 4.68 Å². The first-order valence-electron chi connectivity index (χ1n) is 7.36. The molecule has 5 heteroatoms. The number of benzene rings is 1. The number of nitrogens with zero attached hydrogens (tertiary/aromatic N) is 5. The molecule has 0 radical (unpaired) electrons. The third-order valence-electron chi connectivity index (χ3n) is 3.81. The quantitative estimate of drug-likeness (QED) is 0.694. The van der Waals surface area contributed by atoms with Crippen LogP contribution in [-0.2, 0) is 6.42 Å². The highest BCUT2D eigenvalue weighted by Gasteiger charge is 2.09. The monoisotopic (exact) mass is 293 g/mol. The van der Waals surface area contributed by atoms with E-state index >= 15 is 0 Å². The van der Waals surface area contributed by atoms with Crippen molar-refractivity contribution >= 4 is 6.21 Å². The average Bonchev–Trinajstić information content (AvgIpc) is 3.14. The van der Waals surface area contributed by atoms with Crippen LogP contribution in [-0.4, -0.2) is 25.7 Å². The third kappa shape index (κ3) is 2.70. The maximum atomic E-state index is 4.33. The van der Waals surface area contributed by atoms with Crippen LogP contribution in [0.2, 0.25) is 0 Å². The zero-order chi connectivity index (χ0) is 15.5. The lowest BCUT2D eigenvalue weighted by Crippen LogP contribution is -2.00. The maximum Gasteiger partial charge on any atom is 0.141 e. The molecule has 5 nitrogen and oxygen atoms in total. The van der Waals surface area contributed by atoms with Crippen molar-refractivity contribution in [3.05, 3.63) is 65.5 Å². The molecule has 3 aromatic rings. The molecule has 0 aliphatic heterocycles. The van der Waals surface area contributed by atoms with Gasteiger partial charge in [0.15, 0.2) is 0 Å². The van der Waals surface area contributed by atoms with Gasteiger partial charge in [0.25, 0.3) is 0 Å². The van der Waals surface area contributed by atoms with Gasteiger partial charge in [0, 0.05) is 22.6 Å². The van der Waals surface area contributed by atoms with Gasteiger partial charge in [-0.05, 0) is 44.0 Å². The zero-order valence-electron chi connectivity index (χ0n) is 13.1. The molecule has 0 atom stereocenters. The SMILES string of the molecule is CCc1ccc(-n2c(C)cc(/C=N/n3cnnc3)c2C)cc1. The van der Waals surface area contributed by atoms with E-state index in [1.807, 2.05) is 6.21 Å². The van der Waals surface area contributed by atoms with Gasteiger partial charge in [-0.15, -0.1) is 10.2 Å². The van der Waals surface area contributed by atoms with E-state index in [1.165, 1.54) is 22.6 Å². The lowest BCUT2D eigenvalue weighted by molar-refractivity contribution is 0.877. The van der Waals surface area contributed by atoms with E-state index in [1.54, 1.807) is 17.3 Å². The van der Waals surface area contributed by atoms with Crippen molar-refractivity contribution in [2.45, 2.75) is 27.2 Å². The topological polar surface area (TPSA) is 48.0 Å². The summed E-state index contributed by atoms with van der Waals surface area (Å²) in [5, 5.41) is 11.8. The molecular formula is C17H19N5. The Labute approximate surface area is 129 Å². The van der Waals surface area contributed by atoms with E-state index in [-0.39, 0.29) is 0 Å². The Morgan fingerprint density at radius 2 is 1.77 bits per heavy atom. The smallest absolute Gasteiger partial charge is 0.141 e. The average molecular weight is 293 g/mol. The minimum Gasteiger partial charge on any atom is -0.318 e. The van der Waals surface area contributed by atoms with E-state index in [0.29, 0.717) is 0 Å². The first kappa shape index (κ1) is 14.3. The van der Waals surface area contributed by atoms with Gasteiger partial charge < -0.3 is 4.57 Å². The van der Waals surface area contributed by atoms with Gasteiger partial charge in [0.1, 0.15) is 12.7 Å². The number of aryl methyl sites for hydroxylation is 2. The molecular weight excluding hydrogens is 274 g/mol. The number of hydrogen-bond donors (Lipinski definition) is 0. The first-order valence-corrected chi connectivity index (χ1v) is 7.36. The molecule has 2 aromatic heterocycles. The van der Waals surface area contributed by atoms with Crippen LogP contribution in [0.25, 0.3) is 5.69 Å². The summed E-state index contributed by atoms with van der Waals surface area (Å²) >= 11 is 0. The second-order valence-corrected chi connectivity index (χ2v) is 5.27. The summed E-state index contributed by atoms with van der Waals surface area (Å²) in [6.07, 6.45) is 6.03. The Hall–Kier alpha value is -2.69. The van der Waals surface area contributed by atoms with Crippen LogP contribution >= 0.6 is 0 Å². The fourth-order valence-corrected chi connectivity index (χ4v) is 2.58. The second kappa shape index (κ2) is 5.97. The number of rotatable bonds is 4. The standard InChI is InChI=1S/C17H19N5/c1-4-15-5-7-17(8-6-15)22-13(2)9-16(14(22)3)10-20-21-11-18-19-12-21/h5-12H,4H2,1-3H3/b20-10+. The van der Waals surface area contributed by atoms with E-state index in [4.69, 9.17) is 0 Å². The summed E-state index contributed by atoms with van der Waals surface area (Å²) < 4.78 is 3.83. The first-order chi connectivity index (χ1) is 10.7. The Kier molecular flexibility index (Phi) is 3.87. The molecule has 0 aliphatic carbocycles. The predicted molar refractivity (Wildman–Crippen MR) is 87.6 cm³/mol. The van der Waals surface area contributed by atoms with Crippen LogP contribution < -0.4 is 0 Å². The molecule has 0 saturated carbocycles. The van der Waals surface area contributed by atoms with Crippen LogP contribution in [0.3, 0.4) is 0 Å². The Bertz CT molecular complexity index is 779. The Morgan fingerprint density at radius 1 is 1.09 bits per heavy atom. The van der Waals surface area contributed by atoms with Crippen molar-refractivity contribution in [1.29, 1.82) is 0 Å². The molecule has 112 valence electrons. The number of aromatic nitrogens is 4. The third-order valence-corrected chi connectivity index (χ3v) is 3.81. The van der Waals surface area contributed by atoms with Gasteiger partial charge in [-0.3, -0.25) is 0 Å². The lowest BCUT2D eigenvalue weighted by atomic mass is 10.1. The normalized spacial score (nSPS) is 11.4. The van der Waals surface area contributed by atoms with Gasteiger partial charge in [-0.2, -0.15) is 5.10 Å². The highest BCUT2D eigenvalue weighted by atomic mass is 15.4. The molecule has 2 heterocycles. The fraction of sp³-hybridized carbons (Fsp3) is 0.235. The van der Waals surface area contributed by atoms with Gasteiger partial charge in [0.05, 0.1) is 6.21 Å². The summed E-state index contributed by atoms with van der Waals surface area (Å²) in [5.41, 5.74) is 5.97. The van der Waals surface area contributed by atoms with Crippen LogP contribution in [0.15, 0.2) is 48.1 Å². The molecule has 3 rings (SSSR count). The molecule has 0 saturated heterocycles. The highest BCUT2D eigenvalue weighted by molar-refractivity contribution is 5.82. The molecule has 0 bridgehead atoms. The highest BCUT2D eigenvalue weighted by Crippen LogP contribution is 2.20. The number of hydrogen-bond acceptors (Lipinski definition) is 3. The summed E-state index contributed by atoms with van der Waals surface area (Å²) in [4.78, 5) is 0. The maximum absolute atomic E-state index is 4.33. The van der Waals surface area contributed by atoms with Gasteiger partial charge in [0.2, 0.25) is 0 Å². The minimum atomic E-state index is 1.06. The lowest BCUT2D eigenvalue weighted by Gasteiger charge is -2.10. The molecule has 0 N–H and O–H groups in total. The zero-order valence-corrected chi connectivity index (χ0v) is 13.1.